The lowest BCUT2D eigenvalue weighted by Gasteiger charge is -2.33. The summed E-state index contributed by atoms with van der Waals surface area (Å²) in [7, 11) is 1.29. The van der Waals surface area contributed by atoms with Gasteiger partial charge in [0.2, 0.25) is 0 Å². The van der Waals surface area contributed by atoms with E-state index in [1.807, 2.05) is 4.57 Å². The number of hydrogen-bond acceptors (Lipinski definition) is 6. The number of hydrogen-bond donors (Lipinski definition) is 1. The lowest BCUT2D eigenvalue weighted by atomic mass is 10.0. The summed E-state index contributed by atoms with van der Waals surface area (Å²) in [5, 5.41) is 6.30. The van der Waals surface area contributed by atoms with E-state index in [1.54, 1.807) is 29.4 Å². The van der Waals surface area contributed by atoms with E-state index in [0.29, 0.717) is 42.9 Å². The van der Waals surface area contributed by atoms with Gasteiger partial charge in [-0.3, -0.25) is 9.59 Å². The molecule has 140 valence electrons. The van der Waals surface area contributed by atoms with Gasteiger partial charge in [0.15, 0.2) is 5.76 Å². The Morgan fingerprint density at radius 2 is 2.07 bits per heavy atom. The van der Waals surface area contributed by atoms with Crippen LogP contribution in [0.2, 0.25) is 0 Å². The molecular formula is C18H18N4O5. The van der Waals surface area contributed by atoms with Crippen molar-refractivity contribution in [1.82, 2.24) is 19.7 Å². The molecule has 1 saturated heterocycles. The van der Waals surface area contributed by atoms with Crippen LogP contribution in [-0.2, 0) is 4.74 Å². The van der Waals surface area contributed by atoms with Gasteiger partial charge in [-0.05, 0) is 25.0 Å². The molecule has 4 heterocycles. The first kappa shape index (κ1) is 17.1. The largest absolute Gasteiger partial charge is 0.465 e. The second kappa shape index (κ2) is 6.75. The van der Waals surface area contributed by atoms with E-state index in [9.17, 15) is 14.4 Å². The van der Waals surface area contributed by atoms with Crippen LogP contribution < -0.4 is 5.56 Å². The molecule has 0 radical (unpaired) electrons. The fourth-order valence-electron chi connectivity index (χ4n) is 3.45. The smallest absolute Gasteiger partial charge is 0.341 e. The van der Waals surface area contributed by atoms with Crippen LogP contribution in [0.25, 0.3) is 11.3 Å². The van der Waals surface area contributed by atoms with Gasteiger partial charge in [0.05, 0.1) is 18.9 Å². The van der Waals surface area contributed by atoms with Crippen molar-refractivity contribution in [3.63, 3.8) is 0 Å². The van der Waals surface area contributed by atoms with Crippen LogP contribution in [-0.4, -0.2) is 51.7 Å². The van der Waals surface area contributed by atoms with E-state index >= 15 is 0 Å². The highest BCUT2D eigenvalue weighted by molar-refractivity contribution is 5.96. The Balaban J connectivity index is 1.58. The Bertz CT molecular complexity index is 995. The standard InChI is InChI=1S/C18H18N4O5/c1-26-18(25)13-10-22(9-12-15(13)19-20-16(12)23)11-4-6-21(7-5-11)17(24)14-3-2-8-27-14/h2-3,8-11H,4-7H2,1H3,(H,20,23). The third-order valence-corrected chi connectivity index (χ3v) is 4.89. The van der Waals surface area contributed by atoms with E-state index in [2.05, 4.69) is 10.2 Å². The topological polar surface area (TPSA) is 110 Å². The molecule has 1 N–H and O–H groups in total. The second-order valence-electron chi connectivity index (χ2n) is 6.43. The van der Waals surface area contributed by atoms with Gasteiger partial charge >= 0.3 is 5.97 Å². The summed E-state index contributed by atoms with van der Waals surface area (Å²) >= 11 is 0. The van der Waals surface area contributed by atoms with Crippen molar-refractivity contribution < 1.29 is 18.7 Å². The highest BCUT2D eigenvalue weighted by atomic mass is 16.5. The quantitative estimate of drug-likeness (QED) is 0.700. The fraction of sp³-hybridized carbons (Fsp3) is 0.333. The highest BCUT2D eigenvalue weighted by Gasteiger charge is 2.28. The predicted octanol–water partition coefficient (Wildman–Crippen LogP) is 1.53. The molecule has 0 spiro atoms. The minimum Gasteiger partial charge on any atom is -0.465 e. The number of nitrogens with zero attached hydrogens (tertiary/aromatic N) is 3. The zero-order chi connectivity index (χ0) is 19.0. The SMILES string of the molecule is COC(=O)c1cn(C2CCN(C(=O)c3ccco3)CC2)cc2c(=O)[nH]nc1-2. The van der Waals surface area contributed by atoms with Crippen molar-refractivity contribution in [2.45, 2.75) is 18.9 Å². The predicted molar refractivity (Wildman–Crippen MR) is 93.7 cm³/mol. The van der Waals surface area contributed by atoms with Gasteiger partial charge in [-0.2, -0.15) is 5.10 Å². The molecule has 3 aliphatic rings. The van der Waals surface area contributed by atoms with Gasteiger partial charge in [-0.15, -0.1) is 0 Å². The molecule has 1 fully saturated rings. The molecule has 0 bridgehead atoms. The molecule has 0 aromatic carbocycles. The van der Waals surface area contributed by atoms with Crippen LogP contribution in [0.4, 0.5) is 0 Å². The number of esters is 1. The molecule has 9 nitrogen and oxygen atoms in total. The maximum atomic E-state index is 12.4. The maximum Gasteiger partial charge on any atom is 0.341 e. The Labute approximate surface area is 153 Å². The van der Waals surface area contributed by atoms with Gasteiger partial charge in [0, 0.05) is 31.5 Å². The van der Waals surface area contributed by atoms with Gasteiger partial charge in [-0.1, -0.05) is 0 Å². The lowest BCUT2D eigenvalue weighted by molar-refractivity contribution is 0.0600. The van der Waals surface area contributed by atoms with E-state index in [-0.39, 0.29) is 23.1 Å². The Kier molecular flexibility index (Phi) is 4.27. The minimum atomic E-state index is -0.550. The van der Waals surface area contributed by atoms with Crippen LogP contribution in [0.15, 0.2) is 40.0 Å². The van der Waals surface area contributed by atoms with Crippen LogP contribution in [0.1, 0.15) is 39.8 Å². The van der Waals surface area contributed by atoms with Crippen molar-refractivity contribution in [3.8, 4) is 11.3 Å². The number of fused-ring (bicyclic) bond motifs is 1. The first-order chi connectivity index (χ1) is 13.1. The number of likely N-dealkylation sites (tertiary alicyclic amines) is 1. The number of rotatable bonds is 3. The summed E-state index contributed by atoms with van der Waals surface area (Å²) in [6.45, 7) is 1.11. The average molecular weight is 370 g/mol. The number of methoxy groups -OCH3 is 1. The third-order valence-electron chi connectivity index (χ3n) is 4.89. The summed E-state index contributed by atoms with van der Waals surface area (Å²) < 4.78 is 11.8. The third kappa shape index (κ3) is 3.01. The fourth-order valence-corrected chi connectivity index (χ4v) is 3.45. The maximum absolute atomic E-state index is 12.4. The molecule has 27 heavy (non-hydrogen) atoms. The highest BCUT2D eigenvalue weighted by Crippen LogP contribution is 2.28. The summed E-state index contributed by atoms with van der Waals surface area (Å²) in [6.07, 6.45) is 6.21. The Morgan fingerprint density at radius 1 is 1.30 bits per heavy atom. The van der Waals surface area contributed by atoms with Gasteiger partial charge in [-0.25, -0.2) is 9.89 Å². The van der Waals surface area contributed by atoms with Gasteiger partial charge < -0.3 is 18.6 Å². The zero-order valence-electron chi connectivity index (χ0n) is 14.7. The number of piperidine rings is 1. The number of carbonyl (C=O) groups excluding carboxylic acids is 2. The van der Waals surface area contributed by atoms with Gasteiger partial charge in [0.25, 0.3) is 11.5 Å². The summed E-state index contributed by atoms with van der Waals surface area (Å²) in [6, 6.07) is 3.38. The molecule has 9 heteroatoms. The molecule has 1 amide bonds. The second-order valence-corrected chi connectivity index (χ2v) is 6.43. The number of carbonyl (C=O) groups is 2. The Morgan fingerprint density at radius 3 is 2.74 bits per heavy atom. The number of nitrogens with one attached hydrogen (secondary N) is 1. The van der Waals surface area contributed by atoms with Crippen molar-refractivity contribution in [1.29, 1.82) is 0 Å². The van der Waals surface area contributed by atoms with Crippen LogP contribution in [0.5, 0.6) is 0 Å². The normalized spacial score (nSPS) is 15.2. The van der Waals surface area contributed by atoms with Crippen molar-refractivity contribution >= 4 is 11.9 Å². The number of H-pyrrole nitrogens is 1. The number of furan rings is 1. The monoisotopic (exact) mass is 370 g/mol. The van der Waals surface area contributed by atoms with Crippen molar-refractivity contribution in [2.75, 3.05) is 20.2 Å². The van der Waals surface area contributed by atoms with Crippen molar-refractivity contribution in [3.05, 3.63) is 52.5 Å². The first-order valence-corrected chi connectivity index (χ1v) is 8.59. The Hall–Kier alpha value is -3.36. The molecular weight excluding hydrogens is 352 g/mol. The molecule has 0 atom stereocenters. The molecule has 0 unspecified atom stereocenters. The number of ether oxygens (including phenoxy) is 1. The summed E-state index contributed by atoms with van der Waals surface area (Å²) in [5.74, 6) is -0.359. The summed E-state index contributed by atoms with van der Waals surface area (Å²) in [4.78, 5) is 38.2. The van der Waals surface area contributed by atoms with Gasteiger partial charge in [0.1, 0.15) is 11.3 Å². The van der Waals surface area contributed by atoms with Crippen LogP contribution in [0.3, 0.4) is 0 Å². The summed E-state index contributed by atoms with van der Waals surface area (Å²) in [5.41, 5.74) is 0.526. The molecule has 1 aromatic rings. The number of aromatic nitrogens is 3. The van der Waals surface area contributed by atoms with E-state index in [0.717, 1.165) is 0 Å². The molecule has 0 saturated carbocycles. The average Bonchev–Trinajstić information content (AvgIpc) is 3.37. The van der Waals surface area contributed by atoms with Crippen molar-refractivity contribution in [2.24, 2.45) is 0 Å². The van der Waals surface area contributed by atoms with Crippen LogP contribution >= 0.6 is 0 Å². The van der Waals surface area contributed by atoms with E-state index < -0.39 is 5.97 Å². The molecule has 0 aliphatic carbocycles. The van der Waals surface area contributed by atoms with E-state index in [4.69, 9.17) is 9.15 Å². The molecule has 4 rings (SSSR count). The molecule has 1 aromatic heterocycles. The van der Waals surface area contributed by atoms with E-state index in [1.165, 1.54) is 13.4 Å². The minimum absolute atomic E-state index is 0.0488. The molecule has 3 aliphatic heterocycles. The zero-order valence-corrected chi connectivity index (χ0v) is 14.7. The number of amides is 1. The lowest BCUT2D eigenvalue weighted by Crippen LogP contribution is -2.39. The number of aromatic amines is 1. The number of pyridine rings is 1. The van der Waals surface area contributed by atoms with Crippen LogP contribution in [0, 0.1) is 0 Å². The first-order valence-electron chi connectivity index (χ1n) is 8.59.